The van der Waals surface area contributed by atoms with E-state index in [4.69, 9.17) is 4.74 Å². The summed E-state index contributed by atoms with van der Waals surface area (Å²) in [7, 11) is 0. The lowest BCUT2D eigenvalue weighted by Gasteiger charge is -2.23. The number of carbonyl (C=O) groups is 1. The molecule has 0 atom stereocenters. The first kappa shape index (κ1) is 16.6. The number of H-pyrrole nitrogens is 1. The molecule has 1 aromatic carbocycles. The molecule has 128 valence electrons. The fourth-order valence-electron chi connectivity index (χ4n) is 2.74. The van der Waals surface area contributed by atoms with E-state index in [-0.39, 0.29) is 5.91 Å². The van der Waals surface area contributed by atoms with Gasteiger partial charge < -0.3 is 10.1 Å². The van der Waals surface area contributed by atoms with Gasteiger partial charge in [0.05, 0.1) is 13.0 Å². The fraction of sp³-hybridized carbons (Fsp3) is 0.474. The lowest BCUT2D eigenvalue weighted by molar-refractivity contribution is -0.115. The van der Waals surface area contributed by atoms with Crippen molar-refractivity contribution in [2.45, 2.75) is 51.4 Å². The van der Waals surface area contributed by atoms with E-state index in [0.717, 1.165) is 36.5 Å². The minimum absolute atomic E-state index is 0.0543. The summed E-state index contributed by atoms with van der Waals surface area (Å²) in [6, 6.07) is 9.66. The van der Waals surface area contributed by atoms with Gasteiger partial charge in [-0.15, -0.1) is 0 Å². The van der Waals surface area contributed by atoms with Gasteiger partial charge in [-0.1, -0.05) is 31.9 Å². The zero-order valence-corrected chi connectivity index (χ0v) is 14.2. The molecule has 1 amide bonds. The Hall–Kier alpha value is -2.30. The predicted molar refractivity (Wildman–Crippen MR) is 94.4 cm³/mol. The first-order valence-corrected chi connectivity index (χ1v) is 8.81. The number of unbranched alkanes of at least 4 members (excludes halogenated alkanes) is 1. The van der Waals surface area contributed by atoms with E-state index in [1.165, 1.54) is 19.3 Å². The third-order valence-corrected chi connectivity index (χ3v) is 4.46. The number of anilines is 1. The fourth-order valence-corrected chi connectivity index (χ4v) is 2.74. The second kappa shape index (κ2) is 7.99. The van der Waals surface area contributed by atoms with Crippen molar-refractivity contribution in [3.05, 3.63) is 41.6 Å². The largest absolute Gasteiger partial charge is 0.494 e. The average molecular weight is 327 g/mol. The second-order valence-electron chi connectivity index (χ2n) is 6.41. The molecule has 0 aliphatic heterocycles. The molecule has 0 bridgehead atoms. The van der Waals surface area contributed by atoms with Gasteiger partial charge in [-0.3, -0.25) is 9.89 Å². The molecule has 0 spiro atoms. The maximum Gasteiger partial charge on any atom is 0.229 e. The molecule has 3 rings (SSSR count). The van der Waals surface area contributed by atoms with Crippen LogP contribution < -0.4 is 10.1 Å². The van der Waals surface area contributed by atoms with Crippen molar-refractivity contribution in [2.24, 2.45) is 0 Å². The smallest absolute Gasteiger partial charge is 0.229 e. The van der Waals surface area contributed by atoms with E-state index in [0.29, 0.717) is 18.2 Å². The molecule has 0 radical (unpaired) electrons. The molecule has 1 aliphatic carbocycles. The summed E-state index contributed by atoms with van der Waals surface area (Å²) >= 11 is 0. The Kier molecular flexibility index (Phi) is 5.51. The summed E-state index contributed by atoms with van der Waals surface area (Å²) in [6.45, 7) is 2.87. The van der Waals surface area contributed by atoms with Crippen LogP contribution in [0.25, 0.3) is 0 Å². The standard InChI is InChI=1S/C19H25N3O2/c1-2-3-11-24-16-9-7-14(8-10-16)12-19(23)20-18-13-17(21-22-18)15-5-4-6-15/h7-10,13,15H,2-6,11-12H2,1H3,(H2,20,21,22,23). The number of aromatic nitrogens is 2. The molecule has 2 aromatic rings. The zero-order chi connectivity index (χ0) is 16.8. The minimum Gasteiger partial charge on any atom is -0.494 e. The van der Waals surface area contributed by atoms with Gasteiger partial charge in [-0.2, -0.15) is 5.10 Å². The van der Waals surface area contributed by atoms with Crippen LogP contribution in [0.4, 0.5) is 5.82 Å². The number of amides is 1. The molecule has 5 heteroatoms. The van der Waals surface area contributed by atoms with E-state index in [1.807, 2.05) is 30.3 Å². The average Bonchev–Trinajstić information content (AvgIpc) is 2.95. The number of hydrogen-bond donors (Lipinski definition) is 2. The number of carbonyl (C=O) groups excluding carboxylic acids is 1. The van der Waals surface area contributed by atoms with Crippen molar-refractivity contribution in [1.82, 2.24) is 10.2 Å². The maximum absolute atomic E-state index is 12.1. The summed E-state index contributed by atoms with van der Waals surface area (Å²) in [5.41, 5.74) is 2.09. The van der Waals surface area contributed by atoms with Gasteiger partial charge in [0, 0.05) is 17.7 Å². The molecule has 1 heterocycles. The number of ether oxygens (including phenoxy) is 1. The number of rotatable bonds is 8. The van der Waals surface area contributed by atoms with Crippen LogP contribution in [0.1, 0.15) is 56.2 Å². The Morgan fingerprint density at radius 1 is 1.33 bits per heavy atom. The Morgan fingerprint density at radius 3 is 2.79 bits per heavy atom. The molecular weight excluding hydrogens is 302 g/mol. The van der Waals surface area contributed by atoms with E-state index >= 15 is 0 Å². The quantitative estimate of drug-likeness (QED) is 0.719. The van der Waals surface area contributed by atoms with Crippen LogP contribution in [0.3, 0.4) is 0 Å². The van der Waals surface area contributed by atoms with Crippen LogP contribution in [0.5, 0.6) is 5.75 Å². The van der Waals surface area contributed by atoms with E-state index in [9.17, 15) is 4.79 Å². The molecule has 1 aliphatic rings. The van der Waals surface area contributed by atoms with E-state index in [2.05, 4.69) is 22.4 Å². The van der Waals surface area contributed by atoms with Crippen molar-refractivity contribution in [3.8, 4) is 5.75 Å². The van der Waals surface area contributed by atoms with Crippen LogP contribution in [-0.4, -0.2) is 22.7 Å². The number of hydrogen-bond acceptors (Lipinski definition) is 3. The monoisotopic (exact) mass is 327 g/mol. The van der Waals surface area contributed by atoms with Crippen molar-refractivity contribution in [1.29, 1.82) is 0 Å². The zero-order valence-electron chi connectivity index (χ0n) is 14.2. The first-order valence-electron chi connectivity index (χ1n) is 8.81. The number of nitrogens with one attached hydrogen (secondary N) is 2. The van der Waals surface area contributed by atoms with Crippen molar-refractivity contribution in [2.75, 3.05) is 11.9 Å². The molecule has 5 nitrogen and oxygen atoms in total. The van der Waals surface area contributed by atoms with Gasteiger partial charge in [-0.25, -0.2) is 0 Å². The van der Waals surface area contributed by atoms with Crippen LogP contribution in [-0.2, 0) is 11.2 Å². The molecule has 0 unspecified atom stereocenters. The van der Waals surface area contributed by atoms with Crippen molar-refractivity contribution in [3.63, 3.8) is 0 Å². The second-order valence-corrected chi connectivity index (χ2v) is 6.41. The van der Waals surface area contributed by atoms with Gasteiger partial charge in [-0.05, 0) is 37.0 Å². The highest BCUT2D eigenvalue weighted by Gasteiger charge is 2.21. The summed E-state index contributed by atoms with van der Waals surface area (Å²) < 4.78 is 5.63. The maximum atomic E-state index is 12.1. The van der Waals surface area contributed by atoms with Gasteiger partial charge >= 0.3 is 0 Å². The van der Waals surface area contributed by atoms with Gasteiger partial charge in [0.15, 0.2) is 5.82 Å². The lowest BCUT2D eigenvalue weighted by atomic mass is 9.83. The minimum atomic E-state index is -0.0543. The molecule has 1 fully saturated rings. The van der Waals surface area contributed by atoms with Crippen molar-refractivity contribution >= 4 is 11.7 Å². The predicted octanol–water partition coefficient (Wildman–Crippen LogP) is 4.04. The third-order valence-electron chi connectivity index (χ3n) is 4.46. The number of aromatic amines is 1. The Balaban J connectivity index is 1.48. The summed E-state index contributed by atoms with van der Waals surface area (Å²) in [5, 5.41) is 10.1. The highest BCUT2D eigenvalue weighted by Crippen LogP contribution is 2.35. The molecule has 1 aromatic heterocycles. The van der Waals surface area contributed by atoms with Gasteiger partial charge in [0.2, 0.25) is 5.91 Å². The van der Waals surface area contributed by atoms with Gasteiger partial charge in [0.1, 0.15) is 5.75 Å². The molecule has 0 saturated heterocycles. The Morgan fingerprint density at radius 2 is 2.12 bits per heavy atom. The van der Waals surface area contributed by atoms with Crippen LogP contribution >= 0.6 is 0 Å². The molecule has 24 heavy (non-hydrogen) atoms. The SMILES string of the molecule is CCCCOc1ccc(CC(=O)Nc2cc(C3CCC3)[nH]n2)cc1. The number of nitrogens with zero attached hydrogens (tertiary/aromatic N) is 1. The molecule has 2 N–H and O–H groups in total. The highest BCUT2D eigenvalue weighted by atomic mass is 16.5. The van der Waals surface area contributed by atoms with Crippen LogP contribution in [0.2, 0.25) is 0 Å². The first-order chi connectivity index (χ1) is 11.7. The van der Waals surface area contributed by atoms with Crippen LogP contribution in [0, 0.1) is 0 Å². The molecule has 1 saturated carbocycles. The highest BCUT2D eigenvalue weighted by molar-refractivity contribution is 5.91. The number of benzene rings is 1. The van der Waals surface area contributed by atoms with Crippen molar-refractivity contribution < 1.29 is 9.53 Å². The van der Waals surface area contributed by atoms with E-state index in [1.54, 1.807) is 0 Å². The Labute approximate surface area is 142 Å². The third kappa shape index (κ3) is 4.37. The summed E-state index contributed by atoms with van der Waals surface area (Å²) in [4.78, 5) is 12.1. The normalized spacial score (nSPS) is 14.2. The van der Waals surface area contributed by atoms with Gasteiger partial charge in [0.25, 0.3) is 0 Å². The Bertz CT molecular complexity index is 660. The summed E-state index contributed by atoms with van der Waals surface area (Å²) in [5.74, 6) is 2.00. The van der Waals surface area contributed by atoms with E-state index < -0.39 is 0 Å². The topological polar surface area (TPSA) is 67.0 Å². The molecular formula is C19H25N3O2. The summed E-state index contributed by atoms with van der Waals surface area (Å²) in [6.07, 6.45) is 6.21. The lowest BCUT2D eigenvalue weighted by Crippen LogP contribution is -2.14. The van der Waals surface area contributed by atoms with Crippen LogP contribution in [0.15, 0.2) is 30.3 Å².